The fraction of sp³-hybridized carbons (Fsp3) is 0.316. The summed E-state index contributed by atoms with van der Waals surface area (Å²) in [6.45, 7) is 1.43. The van der Waals surface area contributed by atoms with E-state index in [4.69, 9.17) is 4.74 Å². The van der Waals surface area contributed by atoms with E-state index in [0.29, 0.717) is 24.3 Å². The molecule has 0 spiro atoms. The Hall–Kier alpha value is -2.65. The van der Waals surface area contributed by atoms with Crippen LogP contribution in [0.25, 0.3) is 0 Å². The highest BCUT2D eigenvalue weighted by Crippen LogP contribution is 2.39. The summed E-state index contributed by atoms with van der Waals surface area (Å²) < 4.78 is 6.39. The Morgan fingerprint density at radius 2 is 2.04 bits per heavy atom. The third kappa shape index (κ3) is 4.79. The van der Waals surface area contributed by atoms with Gasteiger partial charge in [-0.3, -0.25) is 5.10 Å². The summed E-state index contributed by atoms with van der Waals surface area (Å²) in [5.41, 5.74) is 2.05. The van der Waals surface area contributed by atoms with Crippen molar-refractivity contribution in [1.29, 1.82) is 0 Å². The van der Waals surface area contributed by atoms with Gasteiger partial charge in [0, 0.05) is 36.1 Å². The van der Waals surface area contributed by atoms with Crippen LogP contribution in [0.1, 0.15) is 24.5 Å². The van der Waals surface area contributed by atoms with Crippen molar-refractivity contribution in [3.05, 3.63) is 46.7 Å². The molecule has 1 aliphatic rings. The summed E-state index contributed by atoms with van der Waals surface area (Å²) in [6, 6.07) is 9.73. The zero-order chi connectivity index (χ0) is 19.3. The Bertz CT molecular complexity index is 924. The first kappa shape index (κ1) is 18.7. The van der Waals surface area contributed by atoms with E-state index < -0.39 is 0 Å². The molecule has 1 aliphatic carbocycles. The van der Waals surface area contributed by atoms with Gasteiger partial charge < -0.3 is 20.7 Å². The van der Waals surface area contributed by atoms with Gasteiger partial charge in [-0.05, 0) is 60.1 Å². The number of rotatable bonds is 9. The molecule has 0 atom stereocenters. The molecule has 1 aromatic carbocycles. The van der Waals surface area contributed by atoms with Crippen LogP contribution in [0.4, 0.5) is 23.3 Å². The van der Waals surface area contributed by atoms with Gasteiger partial charge in [0.05, 0.1) is 4.47 Å². The molecule has 3 aromatic rings. The highest BCUT2D eigenvalue weighted by Gasteiger charge is 2.25. The van der Waals surface area contributed by atoms with Crippen LogP contribution in [0.3, 0.4) is 0 Å². The average molecular weight is 444 g/mol. The summed E-state index contributed by atoms with van der Waals surface area (Å²) in [4.78, 5) is 8.87. The van der Waals surface area contributed by atoms with E-state index in [9.17, 15) is 0 Å². The smallest absolute Gasteiger partial charge is 0.229 e. The van der Waals surface area contributed by atoms with Crippen molar-refractivity contribution in [2.75, 3.05) is 30.8 Å². The van der Waals surface area contributed by atoms with Crippen LogP contribution < -0.4 is 20.7 Å². The summed E-state index contributed by atoms with van der Waals surface area (Å²) in [5.74, 6) is 3.34. The molecule has 0 radical (unpaired) electrons. The summed E-state index contributed by atoms with van der Waals surface area (Å²) in [7, 11) is 1.90. The first-order valence-electron chi connectivity index (χ1n) is 9.20. The highest BCUT2D eigenvalue weighted by molar-refractivity contribution is 9.10. The van der Waals surface area contributed by atoms with Crippen molar-refractivity contribution in [1.82, 2.24) is 25.5 Å². The predicted octanol–water partition coefficient (Wildman–Crippen LogP) is 3.93. The van der Waals surface area contributed by atoms with Crippen LogP contribution in [-0.2, 0) is 0 Å². The Kier molecular flexibility index (Phi) is 5.73. The molecule has 4 rings (SSSR count). The van der Waals surface area contributed by atoms with Gasteiger partial charge in [-0.15, -0.1) is 0 Å². The van der Waals surface area contributed by atoms with Crippen molar-refractivity contribution in [2.24, 2.45) is 0 Å². The number of nitrogens with one attached hydrogen (secondary N) is 4. The van der Waals surface area contributed by atoms with Gasteiger partial charge in [-0.1, -0.05) is 0 Å². The van der Waals surface area contributed by atoms with Crippen LogP contribution in [0.15, 0.2) is 41.0 Å². The topological polar surface area (TPSA) is 99.8 Å². The van der Waals surface area contributed by atoms with Crippen LogP contribution in [-0.4, -0.2) is 40.4 Å². The number of nitrogens with zero attached hydrogens (tertiary/aromatic N) is 3. The van der Waals surface area contributed by atoms with Gasteiger partial charge in [0.2, 0.25) is 5.95 Å². The molecule has 28 heavy (non-hydrogen) atoms. The van der Waals surface area contributed by atoms with Crippen molar-refractivity contribution in [3.8, 4) is 5.75 Å². The Morgan fingerprint density at radius 3 is 2.79 bits per heavy atom. The number of aromatic nitrogens is 4. The largest absolute Gasteiger partial charge is 0.492 e. The van der Waals surface area contributed by atoms with E-state index in [1.54, 1.807) is 6.20 Å². The monoisotopic (exact) mass is 443 g/mol. The second-order valence-corrected chi connectivity index (χ2v) is 7.45. The van der Waals surface area contributed by atoms with Gasteiger partial charge in [0.1, 0.15) is 12.4 Å². The molecule has 0 aliphatic heterocycles. The maximum absolute atomic E-state index is 5.63. The zero-order valence-corrected chi connectivity index (χ0v) is 17.1. The third-order valence-electron chi connectivity index (χ3n) is 4.34. The van der Waals surface area contributed by atoms with Gasteiger partial charge in [0.25, 0.3) is 0 Å². The van der Waals surface area contributed by atoms with Crippen molar-refractivity contribution >= 4 is 39.2 Å². The van der Waals surface area contributed by atoms with Gasteiger partial charge >= 0.3 is 0 Å². The van der Waals surface area contributed by atoms with Crippen LogP contribution >= 0.6 is 15.9 Å². The molecule has 146 valence electrons. The number of ether oxygens (including phenoxy) is 1. The van der Waals surface area contributed by atoms with Crippen LogP contribution in [0.2, 0.25) is 0 Å². The molecule has 4 N–H and O–H groups in total. The molecular formula is C19H22BrN7O. The first-order valence-corrected chi connectivity index (χ1v) is 10.00. The minimum atomic E-state index is 0.493. The number of hydrogen-bond acceptors (Lipinski definition) is 7. The molecule has 8 nitrogen and oxygen atoms in total. The molecule has 0 saturated heterocycles. The first-order chi connectivity index (χ1) is 13.7. The second-order valence-electron chi connectivity index (χ2n) is 6.60. The number of likely N-dealkylation sites (N-methyl/N-ethyl adjacent to an activating group) is 1. The van der Waals surface area contributed by atoms with E-state index in [1.807, 2.05) is 37.4 Å². The number of hydrogen-bond donors (Lipinski definition) is 4. The van der Waals surface area contributed by atoms with E-state index in [2.05, 4.69) is 52.0 Å². The molecule has 9 heteroatoms. The van der Waals surface area contributed by atoms with Gasteiger partial charge in [0.15, 0.2) is 11.6 Å². The summed E-state index contributed by atoms with van der Waals surface area (Å²) in [5, 5.41) is 16.9. The Morgan fingerprint density at radius 1 is 1.21 bits per heavy atom. The maximum Gasteiger partial charge on any atom is 0.229 e. The van der Waals surface area contributed by atoms with Gasteiger partial charge in [-0.25, -0.2) is 4.98 Å². The quantitative estimate of drug-likeness (QED) is 0.371. The normalized spacial score (nSPS) is 13.4. The maximum atomic E-state index is 5.63. The van der Waals surface area contributed by atoms with Crippen molar-refractivity contribution in [3.63, 3.8) is 0 Å². The average Bonchev–Trinajstić information content (AvgIpc) is 3.45. The molecule has 2 aromatic heterocycles. The van der Waals surface area contributed by atoms with Crippen molar-refractivity contribution < 1.29 is 4.74 Å². The molecular weight excluding hydrogens is 422 g/mol. The Balaban J connectivity index is 1.41. The van der Waals surface area contributed by atoms with E-state index in [-0.39, 0.29) is 0 Å². The lowest BCUT2D eigenvalue weighted by Gasteiger charge is -2.10. The summed E-state index contributed by atoms with van der Waals surface area (Å²) in [6.07, 6.45) is 4.17. The number of aromatic amines is 1. The van der Waals surface area contributed by atoms with Crippen LogP contribution in [0.5, 0.6) is 5.75 Å². The molecule has 1 saturated carbocycles. The number of halogens is 1. The lowest BCUT2D eigenvalue weighted by Crippen LogP contribution is -2.15. The molecule has 0 unspecified atom stereocenters. The fourth-order valence-corrected chi connectivity index (χ4v) is 2.97. The lowest BCUT2D eigenvalue weighted by atomic mass is 10.3. The number of anilines is 4. The standard InChI is InChI=1S/C19H22BrN7O/c1-21-8-9-28-14-6-4-13(5-7-14)23-19-22-11-15(20)18(25-19)24-17-10-16(26-27-17)12-2-3-12/h4-7,10-12,21H,2-3,8-9H2,1H3,(H3,22,23,24,25,26,27). The van der Waals surface area contributed by atoms with Crippen molar-refractivity contribution in [2.45, 2.75) is 18.8 Å². The van der Waals surface area contributed by atoms with Gasteiger partial charge in [-0.2, -0.15) is 10.1 Å². The Labute approximate surface area is 171 Å². The molecule has 2 heterocycles. The predicted molar refractivity (Wildman–Crippen MR) is 113 cm³/mol. The number of H-pyrrole nitrogens is 1. The lowest BCUT2D eigenvalue weighted by molar-refractivity contribution is 0.318. The van der Waals surface area contributed by atoms with E-state index in [1.165, 1.54) is 18.5 Å². The fourth-order valence-electron chi connectivity index (χ4n) is 2.67. The minimum absolute atomic E-state index is 0.493. The van der Waals surface area contributed by atoms with E-state index >= 15 is 0 Å². The molecule has 1 fully saturated rings. The molecule has 0 amide bonds. The molecule has 0 bridgehead atoms. The van der Waals surface area contributed by atoms with Crippen LogP contribution in [0, 0.1) is 0 Å². The SMILES string of the molecule is CNCCOc1ccc(Nc2ncc(Br)c(Nc3cc(C4CC4)[nH]n3)n2)cc1. The zero-order valence-electron chi connectivity index (χ0n) is 15.5. The highest BCUT2D eigenvalue weighted by atomic mass is 79.9. The van der Waals surface area contributed by atoms with E-state index in [0.717, 1.165) is 28.3 Å². The number of benzene rings is 1. The minimum Gasteiger partial charge on any atom is -0.492 e. The third-order valence-corrected chi connectivity index (χ3v) is 4.92. The second kappa shape index (κ2) is 8.57. The summed E-state index contributed by atoms with van der Waals surface area (Å²) >= 11 is 3.49.